The maximum Gasteiger partial charge on any atom is 0.307 e. The van der Waals surface area contributed by atoms with E-state index >= 15 is 0 Å². The van der Waals surface area contributed by atoms with Gasteiger partial charge < -0.3 is 15.6 Å². The maximum atomic E-state index is 10.9. The van der Waals surface area contributed by atoms with E-state index in [1.165, 1.54) is 0 Å². The molecule has 0 aliphatic rings. The quantitative estimate of drug-likeness (QED) is 0.783. The Morgan fingerprint density at radius 2 is 1.95 bits per heavy atom. The molecule has 2 rings (SSSR count). The second-order valence-corrected chi connectivity index (χ2v) is 5.72. The van der Waals surface area contributed by atoms with Crippen molar-refractivity contribution in [3.63, 3.8) is 0 Å². The first-order valence-electron chi connectivity index (χ1n) is 6.13. The van der Waals surface area contributed by atoms with Crippen LogP contribution in [0.4, 0.5) is 5.69 Å². The average molecular weight is 371 g/mol. The molecule has 0 aliphatic carbocycles. The van der Waals surface area contributed by atoms with Crippen LogP contribution in [-0.2, 0) is 17.8 Å². The first-order chi connectivity index (χ1) is 9.97. The van der Waals surface area contributed by atoms with Gasteiger partial charge in [-0.3, -0.25) is 4.79 Å². The Bertz CT molecular complexity index is 653. The number of hydrogen-bond acceptors (Lipinski definition) is 3. The van der Waals surface area contributed by atoms with Gasteiger partial charge in [-0.15, -0.1) is 0 Å². The first-order valence-corrected chi connectivity index (χ1v) is 7.30. The Kier molecular flexibility index (Phi) is 5.09. The van der Waals surface area contributed by atoms with Crippen LogP contribution >= 0.6 is 27.5 Å². The number of nitrogens with two attached hydrogens (primary N) is 1. The molecule has 2 aromatic rings. The summed E-state index contributed by atoms with van der Waals surface area (Å²) in [5, 5.41) is 9.42. The van der Waals surface area contributed by atoms with Gasteiger partial charge in [0, 0.05) is 5.02 Å². The lowest BCUT2D eigenvalue weighted by Crippen LogP contribution is -2.06. The van der Waals surface area contributed by atoms with Crippen LogP contribution in [0.15, 0.2) is 40.9 Å². The van der Waals surface area contributed by atoms with E-state index in [2.05, 4.69) is 15.9 Å². The van der Waals surface area contributed by atoms with Crippen LogP contribution in [0, 0.1) is 0 Å². The van der Waals surface area contributed by atoms with Crippen LogP contribution in [-0.4, -0.2) is 11.1 Å². The standard InChI is InChI=1S/C15H13BrClNO3/c16-12-6-11(17)7-13(18)15(12)21-8-10-4-2-1-3-9(10)5-14(19)20/h1-4,6-7H,5,8,18H2,(H,19,20). The van der Waals surface area contributed by atoms with Crippen molar-refractivity contribution in [2.45, 2.75) is 13.0 Å². The Hall–Kier alpha value is -1.72. The fraction of sp³-hybridized carbons (Fsp3) is 0.133. The Morgan fingerprint density at radius 1 is 1.29 bits per heavy atom. The molecule has 0 aliphatic heterocycles. The summed E-state index contributed by atoms with van der Waals surface area (Å²) >= 11 is 9.24. The van der Waals surface area contributed by atoms with Crippen LogP contribution < -0.4 is 10.5 Å². The molecule has 0 atom stereocenters. The third-order valence-corrected chi connectivity index (χ3v) is 3.68. The molecule has 0 saturated heterocycles. The number of carboxylic acid groups (broad SMARTS) is 1. The molecular formula is C15H13BrClNO3. The molecule has 0 aromatic heterocycles. The smallest absolute Gasteiger partial charge is 0.307 e. The van der Waals surface area contributed by atoms with E-state index in [0.717, 1.165) is 5.56 Å². The van der Waals surface area contributed by atoms with Crippen LogP contribution in [0.5, 0.6) is 5.75 Å². The topological polar surface area (TPSA) is 72.5 Å². The number of anilines is 1. The van der Waals surface area contributed by atoms with Gasteiger partial charge in [-0.2, -0.15) is 0 Å². The summed E-state index contributed by atoms with van der Waals surface area (Å²) in [6.07, 6.45) is -0.0448. The second-order valence-electron chi connectivity index (χ2n) is 4.43. The van der Waals surface area contributed by atoms with E-state index in [0.29, 0.717) is 26.5 Å². The third-order valence-electron chi connectivity index (χ3n) is 2.87. The predicted molar refractivity (Wildman–Crippen MR) is 85.7 cm³/mol. The van der Waals surface area contributed by atoms with Gasteiger partial charge in [0.05, 0.1) is 16.6 Å². The summed E-state index contributed by atoms with van der Waals surface area (Å²) in [6.45, 7) is 0.230. The van der Waals surface area contributed by atoms with Crippen LogP contribution in [0.25, 0.3) is 0 Å². The van der Waals surface area contributed by atoms with Crippen LogP contribution in [0.2, 0.25) is 5.02 Å². The van der Waals surface area contributed by atoms with Gasteiger partial charge in [-0.25, -0.2) is 0 Å². The molecule has 0 saturated carbocycles. The monoisotopic (exact) mass is 369 g/mol. The SMILES string of the molecule is Nc1cc(Cl)cc(Br)c1OCc1ccccc1CC(=O)O. The van der Waals surface area contributed by atoms with Gasteiger partial charge in [0.15, 0.2) is 5.75 Å². The van der Waals surface area contributed by atoms with E-state index in [9.17, 15) is 4.79 Å². The molecule has 0 radical (unpaired) electrons. The van der Waals surface area contributed by atoms with Gasteiger partial charge in [0.1, 0.15) is 6.61 Å². The highest BCUT2D eigenvalue weighted by Crippen LogP contribution is 2.35. The fourth-order valence-electron chi connectivity index (χ4n) is 1.92. The Labute approximate surface area is 135 Å². The summed E-state index contributed by atoms with van der Waals surface area (Å²) < 4.78 is 6.36. The van der Waals surface area contributed by atoms with Crippen molar-refractivity contribution in [1.29, 1.82) is 0 Å². The number of carbonyl (C=O) groups is 1. The van der Waals surface area contributed by atoms with Crippen molar-refractivity contribution < 1.29 is 14.6 Å². The minimum Gasteiger partial charge on any atom is -0.486 e. The highest BCUT2D eigenvalue weighted by Gasteiger charge is 2.11. The van der Waals surface area contributed by atoms with Gasteiger partial charge in [0.25, 0.3) is 0 Å². The first kappa shape index (κ1) is 15.7. The van der Waals surface area contributed by atoms with Crippen molar-refractivity contribution in [1.82, 2.24) is 0 Å². The fourth-order valence-corrected chi connectivity index (χ4v) is 2.86. The number of carboxylic acids is 1. The van der Waals surface area contributed by atoms with Crippen molar-refractivity contribution in [2.75, 3.05) is 5.73 Å². The molecule has 0 heterocycles. The molecule has 0 fully saturated rings. The van der Waals surface area contributed by atoms with Crippen LogP contribution in [0.1, 0.15) is 11.1 Å². The minimum atomic E-state index is -0.880. The zero-order chi connectivity index (χ0) is 15.4. The average Bonchev–Trinajstić information content (AvgIpc) is 2.38. The minimum absolute atomic E-state index is 0.0448. The molecule has 2 aromatic carbocycles. The van der Waals surface area contributed by atoms with E-state index in [1.54, 1.807) is 24.3 Å². The lowest BCUT2D eigenvalue weighted by molar-refractivity contribution is -0.136. The van der Waals surface area contributed by atoms with Gasteiger partial charge in [-0.1, -0.05) is 35.9 Å². The number of nitrogen functional groups attached to an aromatic ring is 1. The number of rotatable bonds is 5. The molecule has 110 valence electrons. The van der Waals surface area contributed by atoms with Gasteiger partial charge >= 0.3 is 5.97 Å². The summed E-state index contributed by atoms with van der Waals surface area (Å²) in [5.41, 5.74) is 7.82. The number of ether oxygens (including phenoxy) is 1. The Balaban J connectivity index is 2.19. The van der Waals surface area contributed by atoms with Crippen LogP contribution in [0.3, 0.4) is 0 Å². The molecule has 6 heteroatoms. The lowest BCUT2D eigenvalue weighted by Gasteiger charge is -2.13. The molecule has 4 nitrogen and oxygen atoms in total. The van der Waals surface area contributed by atoms with E-state index in [-0.39, 0.29) is 13.0 Å². The molecular weight excluding hydrogens is 358 g/mol. The highest BCUT2D eigenvalue weighted by atomic mass is 79.9. The molecule has 3 N–H and O–H groups in total. The maximum absolute atomic E-state index is 10.9. The number of benzene rings is 2. The molecule has 0 unspecified atom stereocenters. The van der Waals surface area contributed by atoms with Crippen molar-refractivity contribution in [3.8, 4) is 5.75 Å². The zero-order valence-corrected chi connectivity index (χ0v) is 13.3. The summed E-state index contributed by atoms with van der Waals surface area (Å²) in [5.74, 6) is -0.390. The number of aliphatic carboxylic acids is 1. The van der Waals surface area contributed by atoms with E-state index < -0.39 is 5.97 Å². The zero-order valence-electron chi connectivity index (χ0n) is 11.0. The second kappa shape index (κ2) is 6.83. The molecule has 0 bridgehead atoms. The Morgan fingerprint density at radius 3 is 2.57 bits per heavy atom. The van der Waals surface area contributed by atoms with Crippen molar-refractivity contribution in [2.24, 2.45) is 0 Å². The number of hydrogen-bond donors (Lipinski definition) is 2. The van der Waals surface area contributed by atoms with Gasteiger partial charge in [0.2, 0.25) is 0 Å². The van der Waals surface area contributed by atoms with E-state index in [4.69, 9.17) is 27.2 Å². The summed E-state index contributed by atoms with van der Waals surface area (Å²) in [6, 6.07) is 10.5. The summed E-state index contributed by atoms with van der Waals surface area (Å²) in [7, 11) is 0. The third kappa shape index (κ3) is 4.12. The van der Waals surface area contributed by atoms with Crippen molar-refractivity contribution >= 4 is 39.2 Å². The predicted octanol–water partition coefficient (Wildman–Crippen LogP) is 3.89. The lowest BCUT2D eigenvalue weighted by atomic mass is 10.1. The molecule has 21 heavy (non-hydrogen) atoms. The summed E-state index contributed by atoms with van der Waals surface area (Å²) in [4.78, 5) is 10.9. The number of halogens is 2. The highest BCUT2D eigenvalue weighted by molar-refractivity contribution is 9.10. The normalized spacial score (nSPS) is 10.4. The van der Waals surface area contributed by atoms with E-state index in [1.807, 2.05) is 12.1 Å². The molecule has 0 spiro atoms. The largest absolute Gasteiger partial charge is 0.486 e. The molecule has 0 amide bonds. The van der Waals surface area contributed by atoms with Crippen molar-refractivity contribution in [3.05, 3.63) is 57.0 Å². The van der Waals surface area contributed by atoms with Gasteiger partial charge in [-0.05, 0) is 39.2 Å².